The maximum Gasteiger partial charge on any atom is 0.270 e. The zero-order valence-corrected chi connectivity index (χ0v) is 16.1. The minimum absolute atomic E-state index is 0.0659. The number of benzene rings is 1. The molecule has 1 aromatic carbocycles. The fourth-order valence-electron chi connectivity index (χ4n) is 6.16. The van der Waals surface area contributed by atoms with Crippen LogP contribution in [0.2, 0.25) is 0 Å². The number of ether oxygens (including phenoxy) is 1. The number of nitrogens with one attached hydrogen (secondary N) is 1. The average Bonchev–Trinajstić information content (AvgIpc) is 2.65. The minimum atomic E-state index is -0.573. The van der Waals surface area contributed by atoms with Gasteiger partial charge >= 0.3 is 0 Å². The summed E-state index contributed by atoms with van der Waals surface area (Å²) in [6.07, 6.45) is 8.20. The van der Waals surface area contributed by atoms with Crippen LogP contribution in [0.5, 0.6) is 5.75 Å². The number of non-ortho nitro benzene ring substituents is 1. The summed E-state index contributed by atoms with van der Waals surface area (Å²) in [4.78, 5) is 33.9. The van der Waals surface area contributed by atoms with Crippen LogP contribution in [0.3, 0.4) is 0 Å². The number of carbonyl (C=O) groups excluding carboxylic acids is 2. The molecular weight excluding hydrogens is 360 g/mol. The molecule has 0 aliphatic heterocycles. The first-order valence-corrected chi connectivity index (χ1v) is 10.0. The van der Waals surface area contributed by atoms with Crippen molar-refractivity contribution in [3.05, 3.63) is 33.9 Å². The first kappa shape index (κ1) is 18.9. The summed E-state index contributed by atoms with van der Waals surface area (Å²) in [5, 5.41) is 13.9. The zero-order chi connectivity index (χ0) is 19.9. The van der Waals surface area contributed by atoms with Gasteiger partial charge in [0.15, 0.2) is 12.9 Å². The minimum Gasteiger partial charge on any atom is -0.483 e. The van der Waals surface area contributed by atoms with E-state index in [0.717, 1.165) is 23.8 Å². The summed E-state index contributed by atoms with van der Waals surface area (Å²) in [6.45, 7) is 1.89. The number of aldehydes is 1. The van der Waals surface area contributed by atoms with Gasteiger partial charge in [0.05, 0.1) is 10.5 Å². The third-order valence-electron chi connectivity index (χ3n) is 7.07. The SMILES string of the molecule is C[C@H](NC(=O)COc1ccc([N+](=O)[O-])cc1C=O)C12CC3CC(CC(C3)C1)C2. The molecule has 28 heavy (non-hydrogen) atoms. The number of hydrogen-bond acceptors (Lipinski definition) is 5. The first-order valence-electron chi connectivity index (χ1n) is 10.0. The molecule has 150 valence electrons. The molecule has 0 saturated heterocycles. The molecule has 4 fully saturated rings. The van der Waals surface area contributed by atoms with Gasteiger partial charge < -0.3 is 10.1 Å². The van der Waals surface area contributed by atoms with Crippen LogP contribution in [0.15, 0.2) is 18.2 Å². The molecule has 0 heterocycles. The number of nitro groups is 1. The van der Waals surface area contributed by atoms with Crippen LogP contribution in [0.25, 0.3) is 0 Å². The second-order valence-corrected chi connectivity index (χ2v) is 8.95. The molecule has 7 nitrogen and oxygen atoms in total. The highest BCUT2D eigenvalue weighted by atomic mass is 16.6. The molecule has 4 saturated carbocycles. The fourth-order valence-corrected chi connectivity index (χ4v) is 6.16. The normalized spacial score (nSPS) is 31.2. The van der Waals surface area contributed by atoms with Crippen molar-refractivity contribution >= 4 is 17.9 Å². The van der Waals surface area contributed by atoms with Crippen molar-refractivity contribution in [2.24, 2.45) is 23.2 Å². The summed E-state index contributed by atoms with van der Waals surface area (Å²) in [6, 6.07) is 3.87. The number of rotatable bonds is 7. The molecular formula is C21H26N2O5. The first-order chi connectivity index (χ1) is 13.4. The van der Waals surface area contributed by atoms with Gasteiger partial charge in [-0.15, -0.1) is 0 Å². The lowest BCUT2D eigenvalue weighted by molar-refractivity contribution is -0.384. The summed E-state index contributed by atoms with van der Waals surface area (Å²) in [5.41, 5.74) is 0.0941. The second-order valence-electron chi connectivity index (χ2n) is 8.95. The monoisotopic (exact) mass is 386 g/mol. The Morgan fingerprint density at radius 3 is 2.43 bits per heavy atom. The van der Waals surface area contributed by atoms with Gasteiger partial charge in [0.2, 0.25) is 0 Å². The molecule has 1 amide bonds. The lowest BCUT2D eigenvalue weighted by Gasteiger charge is -2.59. The third kappa shape index (κ3) is 3.50. The molecule has 0 radical (unpaired) electrons. The highest BCUT2D eigenvalue weighted by Gasteiger charge is 2.53. The molecule has 0 spiro atoms. The smallest absolute Gasteiger partial charge is 0.270 e. The number of nitrogens with zero attached hydrogens (tertiary/aromatic N) is 1. The summed E-state index contributed by atoms with van der Waals surface area (Å²) < 4.78 is 5.48. The fraction of sp³-hybridized carbons (Fsp3) is 0.619. The quantitative estimate of drug-likeness (QED) is 0.439. The van der Waals surface area contributed by atoms with E-state index in [2.05, 4.69) is 12.2 Å². The van der Waals surface area contributed by atoms with Gasteiger partial charge in [-0.3, -0.25) is 19.7 Å². The molecule has 4 aliphatic rings. The molecule has 4 bridgehead atoms. The Hall–Kier alpha value is -2.44. The van der Waals surface area contributed by atoms with Crippen LogP contribution in [0, 0.1) is 33.3 Å². The highest BCUT2D eigenvalue weighted by molar-refractivity contribution is 5.82. The molecule has 1 aromatic rings. The number of carbonyl (C=O) groups is 2. The van der Waals surface area contributed by atoms with E-state index in [1.807, 2.05) is 0 Å². The van der Waals surface area contributed by atoms with E-state index in [1.165, 1.54) is 50.7 Å². The van der Waals surface area contributed by atoms with E-state index < -0.39 is 4.92 Å². The van der Waals surface area contributed by atoms with Gasteiger partial charge in [0, 0.05) is 18.2 Å². The Morgan fingerprint density at radius 1 is 1.29 bits per heavy atom. The van der Waals surface area contributed by atoms with E-state index in [-0.39, 0.29) is 41.0 Å². The van der Waals surface area contributed by atoms with Crippen LogP contribution in [0.1, 0.15) is 55.8 Å². The van der Waals surface area contributed by atoms with Crippen molar-refractivity contribution in [2.45, 2.75) is 51.5 Å². The number of hydrogen-bond donors (Lipinski definition) is 1. The van der Waals surface area contributed by atoms with E-state index in [1.54, 1.807) is 0 Å². The predicted molar refractivity (Wildman–Crippen MR) is 102 cm³/mol. The van der Waals surface area contributed by atoms with Crippen molar-refractivity contribution in [1.82, 2.24) is 5.32 Å². The van der Waals surface area contributed by atoms with Crippen molar-refractivity contribution in [1.29, 1.82) is 0 Å². The topological polar surface area (TPSA) is 98.5 Å². The van der Waals surface area contributed by atoms with Gasteiger partial charge in [0.25, 0.3) is 11.6 Å². The van der Waals surface area contributed by atoms with Crippen molar-refractivity contribution < 1.29 is 19.2 Å². The van der Waals surface area contributed by atoms with Crippen LogP contribution < -0.4 is 10.1 Å². The Bertz CT molecular complexity index is 771. The molecule has 4 aliphatic carbocycles. The highest BCUT2D eigenvalue weighted by Crippen LogP contribution is 2.61. The molecule has 0 aromatic heterocycles. The summed E-state index contributed by atoms with van der Waals surface area (Å²) >= 11 is 0. The third-order valence-corrected chi connectivity index (χ3v) is 7.07. The van der Waals surface area contributed by atoms with Crippen molar-refractivity contribution in [2.75, 3.05) is 6.61 Å². The molecule has 1 N–H and O–H groups in total. The van der Waals surface area contributed by atoms with Crippen LogP contribution in [-0.4, -0.2) is 29.8 Å². The standard InChI is InChI=1S/C21H26N2O5/c1-13(21-8-14-4-15(9-21)6-16(5-14)10-21)22-20(25)12-28-19-3-2-18(23(26)27)7-17(19)11-24/h2-3,7,11,13-16H,4-6,8-10,12H2,1H3,(H,22,25)/t13-,14?,15?,16?,21?/m0/s1. The van der Waals surface area contributed by atoms with E-state index in [4.69, 9.17) is 4.74 Å². The molecule has 7 heteroatoms. The Morgan fingerprint density at radius 2 is 1.89 bits per heavy atom. The maximum atomic E-state index is 12.5. The van der Waals surface area contributed by atoms with Crippen LogP contribution in [0.4, 0.5) is 5.69 Å². The number of nitro benzene ring substituents is 1. The van der Waals surface area contributed by atoms with E-state index in [9.17, 15) is 19.7 Å². The van der Waals surface area contributed by atoms with Gasteiger partial charge in [-0.25, -0.2) is 0 Å². The Labute approximate surface area is 164 Å². The van der Waals surface area contributed by atoms with Gasteiger partial charge in [-0.05, 0) is 74.7 Å². The predicted octanol–water partition coefficient (Wildman–Crippen LogP) is 3.51. The van der Waals surface area contributed by atoms with E-state index >= 15 is 0 Å². The maximum absolute atomic E-state index is 12.5. The lowest BCUT2D eigenvalue weighted by Crippen LogP contribution is -2.56. The van der Waals surface area contributed by atoms with Crippen molar-refractivity contribution in [3.63, 3.8) is 0 Å². The molecule has 1 atom stereocenters. The Balaban J connectivity index is 1.36. The zero-order valence-electron chi connectivity index (χ0n) is 16.1. The number of amides is 1. The largest absolute Gasteiger partial charge is 0.483 e. The lowest BCUT2D eigenvalue weighted by atomic mass is 9.48. The van der Waals surface area contributed by atoms with Gasteiger partial charge in [0.1, 0.15) is 5.75 Å². The van der Waals surface area contributed by atoms with Crippen LogP contribution in [-0.2, 0) is 4.79 Å². The van der Waals surface area contributed by atoms with Gasteiger partial charge in [-0.1, -0.05) is 0 Å². The van der Waals surface area contributed by atoms with Crippen LogP contribution >= 0.6 is 0 Å². The second kappa shape index (κ2) is 7.18. The Kier molecular flexibility index (Phi) is 4.85. The van der Waals surface area contributed by atoms with E-state index in [0.29, 0.717) is 6.29 Å². The van der Waals surface area contributed by atoms with Crippen molar-refractivity contribution in [3.8, 4) is 5.75 Å². The summed E-state index contributed by atoms with van der Waals surface area (Å²) in [7, 11) is 0. The van der Waals surface area contributed by atoms with Gasteiger partial charge in [-0.2, -0.15) is 0 Å². The average molecular weight is 386 g/mol. The summed E-state index contributed by atoms with van der Waals surface area (Å²) in [5.74, 6) is 2.41. The molecule has 5 rings (SSSR count). The molecule has 0 unspecified atom stereocenters.